The molecule has 0 amide bonds. The quantitative estimate of drug-likeness (QED) is 0.278. The fraction of sp³-hybridized carbons (Fsp3) is 0.429. The van der Waals surface area contributed by atoms with E-state index in [1.807, 2.05) is 0 Å². The van der Waals surface area contributed by atoms with Crippen molar-refractivity contribution in [2.75, 3.05) is 6.54 Å². The maximum Gasteiger partial charge on any atom is 0.435 e. The van der Waals surface area contributed by atoms with E-state index in [9.17, 15) is 43.5 Å². The highest BCUT2D eigenvalue weighted by atomic mass is 35.5. The summed E-state index contributed by atoms with van der Waals surface area (Å²) in [7, 11) is -4.36. The summed E-state index contributed by atoms with van der Waals surface area (Å²) >= 11 is 6.24. The Balaban J connectivity index is 1.94. The molecule has 1 aliphatic heterocycles. The van der Waals surface area contributed by atoms with Gasteiger partial charge in [-0.25, -0.2) is 21.6 Å². The number of hydrogen-bond acceptors (Lipinski definition) is 3. The molecule has 1 saturated heterocycles. The zero-order valence-electron chi connectivity index (χ0n) is 17.0. The Hall–Kier alpha value is -1.92. The van der Waals surface area contributed by atoms with Gasteiger partial charge in [-0.1, -0.05) is 18.2 Å². The first-order valence-corrected chi connectivity index (χ1v) is 11.8. The normalized spacial score (nSPS) is 24.1. The lowest BCUT2D eigenvalue weighted by molar-refractivity contribution is -0.348. The summed E-state index contributed by atoms with van der Waals surface area (Å²) in [5.74, 6) is -0.703. The van der Waals surface area contributed by atoms with E-state index in [4.69, 9.17) is 11.8 Å². The topological polar surface area (TPSA) is 37.4 Å². The van der Waals surface area contributed by atoms with Crippen LogP contribution in [0.15, 0.2) is 47.4 Å². The number of hydrogen-bond donors (Lipinski definition) is 0. The lowest BCUT2D eigenvalue weighted by Gasteiger charge is -2.42. The van der Waals surface area contributed by atoms with E-state index in [1.165, 1.54) is 4.42 Å². The monoisotopic (exact) mass is 533 g/mol. The van der Waals surface area contributed by atoms with E-state index in [2.05, 4.69) is 0 Å². The molecule has 0 radical (unpaired) electrons. The van der Waals surface area contributed by atoms with Gasteiger partial charge in [0.1, 0.15) is 10.6 Å². The minimum Gasteiger partial charge on any atom is -0.223 e. The van der Waals surface area contributed by atoms with Crippen LogP contribution in [0.3, 0.4) is 0 Å². The van der Waals surface area contributed by atoms with Crippen molar-refractivity contribution in [3.05, 3.63) is 65.0 Å². The van der Waals surface area contributed by atoms with Crippen LogP contribution in [0.25, 0.3) is 0 Å². The molecule has 1 aliphatic carbocycles. The molecular weight excluding hydrogens is 518 g/mol. The smallest absolute Gasteiger partial charge is 0.223 e. The van der Waals surface area contributed by atoms with E-state index in [-0.39, 0.29) is 41.8 Å². The lowest BCUT2D eigenvalue weighted by Crippen LogP contribution is -2.51. The predicted molar refractivity (Wildman–Crippen MR) is 106 cm³/mol. The average Bonchev–Trinajstić information content (AvgIpc) is 3.10. The summed E-state index contributed by atoms with van der Waals surface area (Å²) < 4.78 is 135. The highest BCUT2D eigenvalue weighted by Crippen LogP contribution is 2.56. The first kappa shape index (κ1) is 25.2. The molecule has 2 aromatic rings. The van der Waals surface area contributed by atoms with Crippen molar-refractivity contribution in [1.29, 1.82) is 0 Å². The number of nitrogens with zero attached hydrogens (tertiary/aromatic N) is 1. The van der Waals surface area contributed by atoms with Crippen molar-refractivity contribution in [3.63, 3.8) is 0 Å². The van der Waals surface area contributed by atoms with Crippen LogP contribution in [0.2, 0.25) is 0 Å². The van der Waals surface area contributed by atoms with Crippen molar-refractivity contribution < 1.29 is 43.5 Å². The van der Waals surface area contributed by atoms with E-state index >= 15 is 0 Å². The second-order valence-electron chi connectivity index (χ2n) is 8.30. The molecule has 34 heavy (non-hydrogen) atoms. The first-order chi connectivity index (χ1) is 15.6. The summed E-state index contributed by atoms with van der Waals surface area (Å²) in [5, 5.41) is 0. The maximum absolute atomic E-state index is 14.6. The molecule has 2 aromatic carbocycles. The van der Waals surface area contributed by atoms with Gasteiger partial charge in [0.2, 0.25) is 0 Å². The highest BCUT2D eigenvalue weighted by Gasteiger charge is 2.73. The molecule has 2 aliphatic rings. The van der Waals surface area contributed by atoms with Crippen LogP contribution in [0.1, 0.15) is 29.5 Å². The Morgan fingerprint density at radius 3 is 2.09 bits per heavy atom. The molecule has 2 atom stereocenters. The Kier molecular flexibility index (Phi) is 5.77. The maximum atomic E-state index is 14.6. The van der Waals surface area contributed by atoms with E-state index in [1.54, 1.807) is 0 Å². The minimum atomic E-state index is -6.30. The van der Waals surface area contributed by atoms with Crippen LogP contribution in [0.5, 0.6) is 0 Å². The Bertz CT molecular complexity index is 1200. The van der Waals surface area contributed by atoms with Gasteiger partial charge in [-0.3, -0.25) is 0 Å². The standard InChI is InChI=1S/C21H16ClF8NO2S/c22-31-10-9-18(34(32,33)15-5-3-14(23)4-6-15)16-7-2-13(11-12(16)1-8-17(18)31)19(24,20(25,26)27)21(28,29)30/h2-7,11,17H,1,8-10H2/t17-,18-/m1/s1. The number of fused-ring (bicyclic) bond motifs is 3. The minimum absolute atomic E-state index is 0.0162. The van der Waals surface area contributed by atoms with E-state index in [0.717, 1.165) is 30.3 Å². The summed E-state index contributed by atoms with van der Waals surface area (Å²) in [4.78, 5) is -0.284. The lowest BCUT2D eigenvalue weighted by atomic mass is 9.77. The van der Waals surface area contributed by atoms with Crippen LogP contribution in [-0.4, -0.2) is 37.8 Å². The van der Waals surface area contributed by atoms with Crippen LogP contribution >= 0.6 is 11.8 Å². The Labute approximate surface area is 194 Å². The van der Waals surface area contributed by atoms with Crippen LogP contribution in [0, 0.1) is 5.82 Å². The molecule has 1 fully saturated rings. The molecule has 1 heterocycles. The van der Waals surface area contributed by atoms with Gasteiger partial charge in [-0.2, -0.15) is 26.3 Å². The molecule has 0 spiro atoms. The molecule has 0 aromatic heterocycles. The molecule has 186 valence electrons. The van der Waals surface area contributed by atoms with Crippen LogP contribution < -0.4 is 0 Å². The van der Waals surface area contributed by atoms with Crippen molar-refractivity contribution in [1.82, 2.24) is 4.42 Å². The molecule has 0 bridgehead atoms. The first-order valence-electron chi connectivity index (χ1n) is 9.96. The third kappa shape index (κ3) is 3.35. The number of sulfone groups is 1. The number of rotatable bonds is 3. The van der Waals surface area contributed by atoms with Crippen molar-refractivity contribution >= 4 is 21.6 Å². The number of aryl methyl sites for hydroxylation is 1. The van der Waals surface area contributed by atoms with Gasteiger partial charge in [0.05, 0.1) is 4.90 Å². The highest BCUT2D eigenvalue weighted by molar-refractivity contribution is 7.92. The summed E-state index contributed by atoms with van der Waals surface area (Å²) in [6.07, 6.45) is -12.8. The average molecular weight is 534 g/mol. The number of benzene rings is 2. The van der Waals surface area contributed by atoms with Gasteiger partial charge in [-0.05, 0) is 66.4 Å². The van der Waals surface area contributed by atoms with Gasteiger partial charge in [0, 0.05) is 18.2 Å². The molecule has 0 saturated carbocycles. The molecular formula is C21H16ClF8NO2S. The summed E-state index contributed by atoms with van der Waals surface area (Å²) in [6.45, 7) is 0.0615. The van der Waals surface area contributed by atoms with Gasteiger partial charge >= 0.3 is 18.0 Å². The molecule has 13 heteroatoms. The van der Waals surface area contributed by atoms with E-state index < -0.39 is 50.0 Å². The zero-order valence-corrected chi connectivity index (χ0v) is 18.6. The van der Waals surface area contributed by atoms with Gasteiger partial charge < -0.3 is 0 Å². The molecule has 3 nitrogen and oxygen atoms in total. The second kappa shape index (κ2) is 7.79. The molecule has 0 N–H and O–H groups in total. The largest absolute Gasteiger partial charge is 0.435 e. The number of alkyl halides is 7. The predicted octanol–water partition coefficient (Wildman–Crippen LogP) is 5.96. The van der Waals surface area contributed by atoms with Gasteiger partial charge in [0.15, 0.2) is 9.84 Å². The molecule has 4 rings (SSSR count). The Morgan fingerprint density at radius 1 is 0.941 bits per heavy atom. The van der Waals surface area contributed by atoms with Crippen molar-refractivity contribution in [2.24, 2.45) is 0 Å². The zero-order chi connectivity index (χ0) is 25.3. The molecule has 0 unspecified atom stereocenters. The van der Waals surface area contributed by atoms with Crippen LogP contribution in [0.4, 0.5) is 35.1 Å². The fourth-order valence-electron chi connectivity index (χ4n) is 5.00. The summed E-state index contributed by atoms with van der Waals surface area (Å²) in [5.41, 5.74) is -7.52. The Morgan fingerprint density at radius 2 is 1.53 bits per heavy atom. The summed E-state index contributed by atoms with van der Waals surface area (Å²) in [6, 6.07) is 4.59. The van der Waals surface area contributed by atoms with Crippen LogP contribution in [-0.2, 0) is 26.7 Å². The van der Waals surface area contributed by atoms with Crippen molar-refractivity contribution in [2.45, 2.75) is 53.0 Å². The van der Waals surface area contributed by atoms with Gasteiger partial charge in [-0.15, -0.1) is 0 Å². The number of halogens is 9. The third-order valence-electron chi connectivity index (χ3n) is 6.60. The van der Waals surface area contributed by atoms with Crippen molar-refractivity contribution in [3.8, 4) is 0 Å². The van der Waals surface area contributed by atoms with E-state index in [0.29, 0.717) is 12.1 Å². The third-order valence-corrected chi connectivity index (χ3v) is 9.56. The second-order valence-corrected chi connectivity index (χ2v) is 10.9. The SMILES string of the molecule is O=S(=O)(c1ccc(F)cc1)[C@@]12CCN(Cl)[C@@H]1CCc1cc(C(F)(C(F)(F)F)C(F)(F)F)ccc12. The van der Waals surface area contributed by atoms with Gasteiger partial charge in [0.25, 0.3) is 0 Å². The fourth-order valence-corrected chi connectivity index (χ4v) is 7.77.